The van der Waals surface area contributed by atoms with Gasteiger partial charge in [-0.15, -0.1) is 0 Å². The van der Waals surface area contributed by atoms with Gasteiger partial charge in [0.2, 0.25) is 0 Å². The highest BCUT2D eigenvalue weighted by Gasteiger charge is 2.15. The van der Waals surface area contributed by atoms with Crippen LogP contribution in [0.3, 0.4) is 0 Å². The quantitative estimate of drug-likeness (QED) is 0.820. The molecule has 17 heavy (non-hydrogen) atoms. The van der Waals surface area contributed by atoms with Crippen LogP contribution in [0.25, 0.3) is 0 Å². The van der Waals surface area contributed by atoms with Gasteiger partial charge in [0, 0.05) is 13.1 Å². The summed E-state index contributed by atoms with van der Waals surface area (Å²) in [6.45, 7) is 3.75. The predicted molar refractivity (Wildman–Crippen MR) is 69.6 cm³/mol. The smallest absolute Gasteiger partial charge is 0.179 e. The Hall–Kier alpha value is -0.910. The Labute approximate surface area is 103 Å². The minimum absolute atomic E-state index is 0.144. The fraction of sp³-hybridized carbons (Fsp3) is 0.500. The van der Waals surface area contributed by atoms with Gasteiger partial charge in [-0.3, -0.25) is 0 Å². The third-order valence-corrected chi connectivity index (χ3v) is 4.47. The molecule has 0 aliphatic rings. The molecule has 5 heteroatoms. The summed E-state index contributed by atoms with van der Waals surface area (Å²) in [5, 5.41) is 0. The van der Waals surface area contributed by atoms with Gasteiger partial charge in [-0.2, -0.15) is 0 Å². The standard InChI is InChI=1S/C12H20N2O2S/c1-3-14(2)7-8-17(15,16)12-6-4-5-11(9-12)10-13/h4-6,9H,3,7-8,10,13H2,1-2H3. The molecule has 0 aromatic heterocycles. The van der Waals surface area contributed by atoms with Crippen molar-refractivity contribution >= 4 is 9.84 Å². The van der Waals surface area contributed by atoms with E-state index in [9.17, 15) is 8.42 Å². The summed E-state index contributed by atoms with van der Waals surface area (Å²) in [5.74, 6) is 0.144. The molecule has 0 saturated carbocycles. The molecule has 0 amide bonds. The van der Waals surface area contributed by atoms with Crippen LogP contribution in [0.2, 0.25) is 0 Å². The number of nitrogens with two attached hydrogens (primary N) is 1. The van der Waals surface area contributed by atoms with E-state index in [4.69, 9.17) is 5.73 Å². The topological polar surface area (TPSA) is 63.4 Å². The van der Waals surface area contributed by atoms with Gasteiger partial charge in [-0.25, -0.2) is 8.42 Å². The first kappa shape index (κ1) is 14.2. The molecule has 1 aromatic rings. The molecule has 0 fully saturated rings. The third-order valence-electron chi connectivity index (χ3n) is 2.77. The molecule has 0 unspecified atom stereocenters. The minimum Gasteiger partial charge on any atom is -0.326 e. The van der Waals surface area contributed by atoms with Gasteiger partial charge >= 0.3 is 0 Å². The second-order valence-electron chi connectivity index (χ2n) is 4.07. The van der Waals surface area contributed by atoms with Crippen LogP contribution in [0.5, 0.6) is 0 Å². The van der Waals surface area contributed by atoms with Crippen LogP contribution in [-0.2, 0) is 16.4 Å². The van der Waals surface area contributed by atoms with Crippen molar-refractivity contribution in [2.24, 2.45) is 5.73 Å². The number of rotatable bonds is 6. The Kier molecular flexibility index (Phi) is 5.11. The normalized spacial score (nSPS) is 12.0. The van der Waals surface area contributed by atoms with Crippen molar-refractivity contribution < 1.29 is 8.42 Å². The van der Waals surface area contributed by atoms with Gasteiger partial charge in [-0.05, 0) is 31.3 Å². The molecule has 0 bridgehead atoms. The van der Waals surface area contributed by atoms with Crippen LogP contribution >= 0.6 is 0 Å². The number of benzene rings is 1. The highest BCUT2D eigenvalue weighted by molar-refractivity contribution is 7.91. The maximum atomic E-state index is 12.1. The summed E-state index contributed by atoms with van der Waals surface area (Å²) < 4.78 is 24.1. The first-order chi connectivity index (χ1) is 7.99. The molecule has 0 aliphatic heterocycles. The van der Waals surface area contributed by atoms with E-state index >= 15 is 0 Å². The lowest BCUT2D eigenvalue weighted by Gasteiger charge is -2.13. The van der Waals surface area contributed by atoms with Crippen LogP contribution < -0.4 is 5.73 Å². The van der Waals surface area contributed by atoms with Gasteiger partial charge in [0.1, 0.15) is 0 Å². The molecule has 2 N–H and O–H groups in total. The van der Waals surface area contributed by atoms with Gasteiger partial charge in [-0.1, -0.05) is 19.1 Å². The zero-order chi connectivity index (χ0) is 12.9. The van der Waals surface area contributed by atoms with Gasteiger partial charge in [0.05, 0.1) is 10.6 Å². The second-order valence-corrected chi connectivity index (χ2v) is 6.18. The molecule has 0 atom stereocenters. The van der Waals surface area contributed by atoms with E-state index in [0.717, 1.165) is 12.1 Å². The van der Waals surface area contributed by atoms with Crippen LogP contribution in [-0.4, -0.2) is 39.2 Å². The van der Waals surface area contributed by atoms with Gasteiger partial charge in [0.25, 0.3) is 0 Å². The molecule has 1 aromatic carbocycles. The van der Waals surface area contributed by atoms with E-state index in [1.165, 1.54) is 0 Å². The Morgan fingerprint density at radius 3 is 2.65 bits per heavy atom. The van der Waals surface area contributed by atoms with Crippen molar-refractivity contribution in [2.75, 3.05) is 25.9 Å². The highest BCUT2D eigenvalue weighted by Crippen LogP contribution is 2.13. The first-order valence-corrected chi connectivity index (χ1v) is 7.35. The third kappa shape index (κ3) is 4.11. The fourth-order valence-corrected chi connectivity index (χ4v) is 2.82. The summed E-state index contributed by atoms with van der Waals surface area (Å²) in [5.41, 5.74) is 6.35. The Morgan fingerprint density at radius 2 is 2.06 bits per heavy atom. The van der Waals surface area contributed by atoms with Crippen LogP contribution in [0.4, 0.5) is 0 Å². The van der Waals surface area contributed by atoms with Gasteiger partial charge in [0.15, 0.2) is 9.84 Å². The zero-order valence-corrected chi connectivity index (χ0v) is 11.2. The second kappa shape index (κ2) is 6.14. The lowest BCUT2D eigenvalue weighted by Crippen LogP contribution is -2.25. The molecular formula is C12H20N2O2S. The van der Waals surface area contributed by atoms with Crippen molar-refractivity contribution in [2.45, 2.75) is 18.4 Å². The lowest BCUT2D eigenvalue weighted by molar-refractivity contribution is 0.373. The maximum Gasteiger partial charge on any atom is 0.179 e. The van der Waals surface area contributed by atoms with E-state index in [1.807, 2.05) is 24.9 Å². The lowest BCUT2D eigenvalue weighted by atomic mass is 10.2. The summed E-state index contributed by atoms with van der Waals surface area (Å²) in [6.07, 6.45) is 0. The molecule has 0 heterocycles. The van der Waals surface area contributed by atoms with Crippen molar-refractivity contribution in [3.8, 4) is 0 Å². The maximum absolute atomic E-state index is 12.1. The summed E-state index contributed by atoms with van der Waals surface area (Å²) in [7, 11) is -1.29. The van der Waals surface area contributed by atoms with E-state index in [2.05, 4.69) is 0 Å². The van der Waals surface area contributed by atoms with E-state index in [-0.39, 0.29) is 5.75 Å². The molecule has 0 saturated heterocycles. The predicted octanol–water partition coefficient (Wildman–Crippen LogP) is 0.871. The molecule has 0 spiro atoms. The summed E-state index contributed by atoms with van der Waals surface area (Å²) in [4.78, 5) is 2.34. The molecular weight excluding hydrogens is 236 g/mol. The van der Waals surface area contributed by atoms with Crippen LogP contribution in [0.15, 0.2) is 29.2 Å². The largest absolute Gasteiger partial charge is 0.326 e. The van der Waals surface area contributed by atoms with Crippen LogP contribution in [0, 0.1) is 0 Å². The molecule has 4 nitrogen and oxygen atoms in total. The molecule has 1 rings (SSSR count). The SMILES string of the molecule is CCN(C)CCS(=O)(=O)c1cccc(CN)c1. The van der Waals surface area contributed by atoms with Crippen molar-refractivity contribution in [1.82, 2.24) is 4.90 Å². The molecule has 0 aliphatic carbocycles. The zero-order valence-electron chi connectivity index (χ0n) is 10.4. The van der Waals surface area contributed by atoms with E-state index in [0.29, 0.717) is 18.0 Å². The van der Waals surface area contributed by atoms with Gasteiger partial charge < -0.3 is 10.6 Å². The first-order valence-electron chi connectivity index (χ1n) is 5.70. The minimum atomic E-state index is -3.20. The number of hydrogen-bond acceptors (Lipinski definition) is 4. The number of sulfone groups is 1. The van der Waals surface area contributed by atoms with Crippen molar-refractivity contribution in [3.05, 3.63) is 29.8 Å². The van der Waals surface area contributed by atoms with E-state index < -0.39 is 9.84 Å². The molecule has 96 valence electrons. The number of nitrogens with zero attached hydrogens (tertiary/aromatic N) is 1. The average Bonchev–Trinajstić information content (AvgIpc) is 2.36. The Balaban J connectivity index is 2.82. The van der Waals surface area contributed by atoms with E-state index in [1.54, 1.807) is 18.2 Å². The number of hydrogen-bond donors (Lipinski definition) is 1. The Bertz CT molecular complexity index is 457. The monoisotopic (exact) mass is 256 g/mol. The Morgan fingerprint density at radius 1 is 1.35 bits per heavy atom. The summed E-state index contributed by atoms with van der Waals surface area (Å²) in [6, 6.07) is 6.84. The summed E-state index contributed by atoms with van der Waals surface area (Å²) >= 11 is 0. The average molecular weight is 256 g/mol. The highest BCUT2D eigenvalue weighted by atomic mass is 32.2. The van der Waals surface area contributed by atoms with Crippen molar-refractivity contribution in [1.29, 1.82) is 0 Å². The fourth-order valence-electron chi connectivity index (χ4n) is 1.42. The van der Waals surface area contributed by atoms with Crippen LogP contribution in [0.1, 0.15) is 12.5 Å². The molecule has 0 radical (unpaired) electrons. The van der Waals surface area contributed by atoms with Crippen molar-refractivity contribution in [3.63, 3.8) is 0 Å².